The molecule has 1 aliphatic heterocycles. The summed E-state index contributed by atoms with van der Waals surface area (Å²) >= 11 is 1.20. The molecule has 1 fully saturated rings. The van der Waals surface area contributed by atoms with E-state index in [1.54, 1.807) is 68.4 Å². The van der Waals surface area contributed by atoms with Crippen molar-refractivity contribution in [1.82, 2.24) is 9.88 Å². The van der Waals surface area contributed by atoms with Crippen molar-refractivity contribution in [3.05, 3.63) is 58.7 Å². The summed E-state index contributed by atoms with van der Waals surface area (Å²) in [5.74, 6) is -0.159. The van der Waals surface area contributed by atoms with E-state index in [9.17, 15) is 18.8 Å². The van der Waals surface area contributed by atoms with Gasteiger partial charge in [0.25, 0.3) is 5.91 Å². The molecule has 0 saturated carbocycles. The van der Waals surface area contributed by atoms with Crippen LogP contribution in [0.3, 0.4) is 0 Å². The summed E-state index contributed by atoms with van der Waals surface area (Å²) in [5.41, 5.74) is 0.973. The van der Waals surface area contributed by atoms with Gasteiger partial charge in [-0.25, -0.2) is 19.0 Å². The van der Waals surface area contributed by atoms with Crippen molar-refractivity contribution in [2.75, 3.05) is 48.3 Å². The first kappa shape index (κ1) is 31.7. The maximum absolute atomic E-state index is 13.5. The van der Waals surface area contributed by atoms with Gasteiger partial charge in [-0.3, -0.25) is 9.69 Å². The van der Waals surface area contributed by atoms with E-state index in [2.05, 4.69) is 10.3 Å². The molecular weight excluding hydrogens is 573 g/mol. The zero-order valence-electron chi connectivity index (χ0n) is 25.6. The van der Waals surface area contributed by atoms with E-state index in [-0.39, 0.29) is 16.9 Å². The number of halogens is 1. The van der Waals surface area contributed by atoms with Gasteiger partial charge >= 0.3 is 12.2 Å². The van der Waals surface area contributed by atoms with Crippen LogP contribution >= 0.6 is 11.3 Å². The lowest BCUT2D eigenvalue weighted by atomic mass is 10.0. The summed E-state index contributed by atoms with van der Waals surface area (Å²) in [4.78, 5) is 48.3. The van der Waals surface area contributed by atoms with Crippen LogP contribution in [0.1, 0.15) is 51.3 Å². The van der Waals surface area contributed by atoms with Crippen LogP contribution in [0.25, 0.3) is 11.1 Å². The Balaban J connectivity index is 1.52. The molecule has 0 aliphatic carbocycles. The second-order valence-electron chi connectivity index (χ2n) is 12.2. The van der Waals surface area contributed by atoms with Gasteiger partial charge in [0.2, 0.25) is 0 Å². The SMILES string of the molecule is CN(C(=O)OC(C)(C)C)c1ccc(-c2ccc(F)cc2)cc1NC(=O)c1nc(N2CCN(C(=O)OC(C)(C)C)CC2)cs1. The maximum Gasteiger partial charge on any atom is 0.414 e. The first-order valence-corrected chi connectivity index (χ1v) is 14.8. The highest BCUT2D eigenvalue weighted by Crippen LogP contribution is 2.33. The molecule has 1 aromatic heterocycles. The fourth-order valence-electron chi connectivity index (χ4n) is 4.31. The molecule has 230 valence electrons. The van der Waals surface area contributed by atoms with Crippen molar-refractivity contribution in [1.29, 1.82) is 0 Å². The molecule has 0 unspecified atom stereocenters. The fourth-order valence-corrected chi connectivity index (χ4v) is 5.04. The fraction of sp³-hybridized carbons (Fsp3) is 0.419. The van der Waals surface area contributed by atoms with Gasteiger partial charge in [-0.05, 0) is 76.9 Å². The highest BCUT2D eigenvalue weighted by atomic mass is 32.1. The van der Waals surface area contributed by atoms with Gasteiger partial charge in [-0.2, -0.15) is 0 Å². The highest BCUT2D eigenvalue weighted by Gasteiger charge is 2.28. The van der Waals surface area contributed by atoms with Gasteiger partial charge in [-0.1, -0.05) is 18.2 Å². The Kier molecular flexibility index (Phi) is 9.29. The quantitative estimate of drug-likeness (QED) is 0.345. The van der Waals surface area contributed by atoms with Gasteiger partial charge in [-0.15, -0.1) is 11.3 Å². The van der Waals surface area contributed by atoms with Crippen LogP contribution in [-0.2, 0) is 9.47 Å². The van der Waals surface area contributed by atoms with E-state index in [1.807, 2.05) is 25.7 Å². The van der Waals surface area contributed by atoms with E-state index < -0.39 is 23.2 Å². The number of anilines is 3. The van der Waals surface area contributed by atoms with Gasteiger partial charge in [0.1, 0.15) is 22.8 Å². The minimum Gasteiger partial charge on any atom is -0.444 e. The van der Waals surface area contributed by atoms with Crippen molar-refractivity contribution in [3.8, 4) is 11.1 Å². The summed E-state index contributed by atoms with van der Waals surface area (Å²) in [6.07, 6.45) is -0.930. The molecule has 1 N–H and O–H groups in total. The number of amides is 3. The summed E-state index contributed by atoms with van der Waals surface area (Å²) < 4.78 is 24.5. The molecule has 43 heavy (non-hydrogen) atoms. The predicted molar refractivity (Wildman–Crippen MR) is 167 cm³/mol. The molecule has 1 aliphatic rings. The zero-order valence-corrected chi connectivity index (χ0v) is 26.4. The van der Waals surface area contributed by atoms with Crippen molar-refractivity contribution >= 4 is 46.6 Å². The molecule has 2 heterocycles. The Morgan fingerprint density at radius 1 is 0.907 bits per heavy atom. The third-order valence-corrected chi connectivity index (χ3v) is 7.22. The number of aromatic nitrogens is 1. The molecule has 3 aromatic rings. The standard InChI is InChI=1S/C31H38FN5O5S/c1-30(2,3)41-28(39)35(7)24-13-10-21(20-8-11-22(32)12-9-20)18-23(24)33-26(38)27-34-25(19-43-27)36-14-16-37(17-15-36)29(40)42-31(4,5)6/h8-13,18-19H,14-17H2,1-7H3,(H,33,38). The molecule has 3 amide bonds. The van der Waals surface area contributed by atoms with Gasteiger partial charge in [0, 0.05) is 38.6 Å². The summed E-state index contributed by atoms with van der Waals surface area (Å²) in [6.45, 7) is 12.9. The first-order chi connectivity index (χ1) is 20.1. The average Bonchev–Trinajstić information content (AvgIpc) is 3.42. The van der Waals surface area contributed by atoms with Gasteiger partial charge in [0.05, 0.1) is 11.4 Å². The second-order valence-corrected chi connectivity index (χ2v) is 13.1. The summed E-state index contributed by atoms with van der Waals surface area (Å²) in [6, 6.07) is 11.2. The van der Waals surface area contributed by atoms with Crippen LogP contribution in [0.2, 0.25) is 0 Å². The minimum atomic E-state index is -0.710. The average molecular weight is 612 g/mol. The largest absolute Gasteiger partial charge is 0.444 e. The Morgan fingerprint density at radius 3 is 2.12 bits per heavy atom. The first-order valence-electron chi connectivity index (χ1n) is 14.0. The molecule has 0 spiro atoms. The van der Waals surface area contributed by atoms with Crippen LogP contribution in [0.15, 0.2) is 47.8 Å². The molecule has 1 saturated heterocycles. The van der Waals surface area contributed by atoms with E-state index in [4.69, 9.17) is 9.47 Å². The number of nitrogens with one attached hydrogen (secondary N) is 1. The number of rotatable bonds is 5. The van der Waals surface area contributed by atoms with E-state index >= 15 is 0 Å². The normalized spacial score (nSPS) is 13.9. The smallest absolute Gasteiger partial charge is 0.414 e. The molecule has 0 bridgehead atoms. The summed E-state index contributed by atoms with van der Waals surface area (Å²) in [7, 11) is 1.56. The number of hydrogen-bond donors (Lipinski definition) is 1. The highest BCUT2D eigenvalue weighted by molar-refractivity contribution is 7.12. The monoisotopic (exact) mass is 611 g/mol. The van der Waals surface area contributed by atoms with Crippen molar-refractivity contribution < 1.29 is 28.2 Å². The lowest BCUT2D eigenvalue weighted by Crippen LogP contribution is -2.50. The lowest BCUT2D eigenvalue weighted by molar-refractivity contribution is 0.0240. The third kappa shape index (κ3) is 8.44. The van der Waals surface area contributed by atoms with E-state index in [0.29, 0.717) is 43.4 Å². The van der Waals surface area contributed by atoms with Gasteiger partial charge < -0.3 is 24.6 Å². The van der Waals surface area contributed by atoms with Crippen molar-refractivity contribution in [2.45, 2.75) is 52.7 Å². The van der Waals surface area contributed by atoms with Crippen molar-refractivity contribution in [3.63, 3.8) is 0 Å². The van der Waals surface area contributed by atoms with Crippen LogP contribution in [0.4, 0.5) is 31.2 Å². The second kappa shape index (κ2) is 12.6. The van der Waals surface area contributed by atoms with Crippen molar-refractivity contribution in [2.24, 2.45) is 0 Å². The number of benzene rings is 2. The Labute approximate surface area is 255 Å². The van der Waals surface area contributed by atoms with Crippen LogP contribution in [-0.4, -0.2) is 72.4 Å². The number of carbonyl (C=O) groups excluding carboxylic acids is 3. The minimum absolute atomic E-state index is 0.239. The molecule has 2 aromatic carbocycles. The Hall–Kier alpha value is -4.19. The van der Waals surface area contributed by atoms with E-state index in [1.165, 1.54) is 28.4 Å². The molecule has 12 heteroatoms. The Bertz CT molecular complexity index is 1470. The maximum atomic E-state index is 13.5. The molecule has 0 atom stereocenters. The number of thiazole rings is 1. The number of ether oxygens (including phenoxy) is 2. The molecule has 4 rings (SSSR count). The van der Waals surface area contributed by atoms with Crippen LogP contribution in [0.5, 0.6) is 0 Å². The number of carbonyl (C=O) groups is 3. The topological polar surface area (TPSA) is 104 Å². The number of piperazine rings is 1. The predicted octanol–water partition coefficient (Wildman–Crippen LogP) is 6.63. The molecule has 0 radical (unpaired) electrons. The van der Waals surface area contributed by atoms with E-state index in [0.717, 1.165) is 11.1 Å². The van der Waals surface area contributed by atoms with Gasteiger partial charge in [0.15, 0.2) is 5.01 Å². The lowest BCUT2D eigenvalue weighted by Gasteiger charge is -2.35. The summed E-state index contributed by atoms with van der Waals surface area (Å²) in [5, 5.41) is 4.95. The number of hydrogen-bond acceptors (Lipinski definition) is 8. The van der Waals surface area contributed by atoms with Crippen LogP contribution < -0.4 is 15.1 Å². The molecule has 10 nitrogen and oxygen atoms in total. The third-order valence-electron chi connectivity index (χ3n) is 6.39. The van der Waals surface area contributed by atoms with Crippen LogP contribution in [0, 0.1) is 5.82 Å². The Morgan fingerprint density at radius 2 is 1.51 bits per heavy atom. The zero-order chi connectivity index (χ0) is 31.5. The molecular formula is C31H38FN5O5S. The number of nitrogens with zero attached hydrogens (tertiary/aromatic N) is 4.